The summed E-state index contributed by atoms with van der Waals surface area (Å²) in [5, 5.41) is 2.95. The molecule has 0 radical (unpaired) electrons. The van der Waals surface area contributed by atoms with E-state index in [1.54, 1.807) is 6.20 Å². The standard InChI is InChI=1S/C13H13ClFN3O/c14-8-5-16-12-10(11(8)15)9(6-17-12)18-13(19)7-3-1-2-4-7/h5-7H,1-4H2,(H,16,17)(H,18,19). The molecule has 2 aromatic heterocycles. The van der Waals surface area contributed by atoms with Crippen molar-refractivity contribution in [2.75, 3.05) is 5.32 Å². The van der Waals surface area contributed by atoms with Crippen molar-refractivity contribution in [1.29, 1.82) is 0 Å². The molecule has 1 saturated carbocycles. The number of rotatable bonds is 2. The van der Waals surface area contributed by atoms with Gasteiger partial charge in [0.05, 0.1) is 22.3 Å². The lowest BCUT2D eigenvalue weighted by Crippen LogP contribution is -2.20. The highest BCUT2D eigenvalue weighted by atomic mass is 35.5. The second kappa shape index (κ2) is 4.81. The van der Waals surface area contributed by atoms with Gasteiger partial charge in [-0.2, -0.15) is 0 Å². The van der Waals surface area contributed by atoms with Gasteiger partial charge in [0.2, 0.25) is 5.91 Å². The van der Waals surface area contributed by atoms with Crippen molar-refractivity contribution in [3.8, 4) is 0 Å². The Kier molecular flexibility index (Phi) is 3.14. The van der Waals surface area contributed by atoms with Crippen molar-refractivity contribution in [1.82, 2.24) is 9.97 Å². The van der Waals surface area contributed by atoms with E-state index in [1.807, 2.05) is 0 Å². The van der Waals surface area contributed by atoms with E-state index < -0.39 is 5.82 Å². The SMILES string of the molecule is O=C(Nc1c[nH]c2ncc(Cl)c(F)c12)C1CCCC1. The van der Waals surface area contributed by atoms with Crippen LogP contribution in [0.5, 0.6) is 0 Å². The van der Waals surface area contributed by atoms with Crippen molar-refractivity contribution in [3.63, 3.8) is 0 Å². The van der Waals surface area contributed by atoms with Crippen molar-refractivity contribution >= 4 is 34.2 Å². The number of carbonyl (C=O) groups excluding carboxylic acids is 1. The number of anilines is 1. The first-order valence-corrected chi connectivity index (χ1v) is 6.66. The van der Waals surface area contributed by atoms with Crippen molar-refractivity contribution in [3.05, 3.63) is 23.2 Å². The van der Waals surface area contributed by atoms with E-state index in [-0.39, 0.29) is 22.2 Å². The number of H-pyrrole nitrogens is 1. The van der Waals surface area contributed by atoms with Gasteiger partial charge in [-0.15, -0.1) is 0 Å². The number of aromatic amines is 1. The number of nitrogens with zero attached hydrogens (tertiary/aromatic N) is 1. The molecule has 100 valence electrons. The van der Waals surface area contributed by atoms with Gasteiger partial charge in [0, 0.05) is 12.1 Å². The van der Waals surface area contributed by atoms with Crippen LogP contribution in [-0.2, 0) is 4.79 Å². The highest BCUT2D eigenvalue weighted by molar-refractivity contribution is 6.31. The van der Waals surface area contributed by atoms with E-state index in [9.17, 15) is 9.18 Å². The summed E-state index contributed by atoms with van der Waals surface area (Å²) in [6.45, 7) is 0. The Morgan fingerprint density at radius 1 is 1.47 bits per heavy atom. The summed E-state index contributed by atoms with van der Waals surface area (Å²) in [6.07, 6.45) is 6.75. The minimum Gasteiger partial charge on any atom is -0.344 e. The van der Waals surface area contributed by atoms with E-state index in [0.717, 1.165) is 25.7 Å². The van der Waals surface area contributed by atoms with Gasteiger partial charge in [0.25, 0.3) is 0 Å². The molecule has 3 rings (SSSR count). The third-order valence-electron chi connectivity index (χ3n) is 3.58. The van der Waals surface area contributed by atoms with Crippen molar-refractivity contribution in [2.24, 2.45) is 5.92 Å². The Balaban J connectivity index is 1.92. The van der Waals surface area contributed by atoms with Gasteiger partial charge < -0.3 is 10.3 Å². The Bertz CT molecular complexity index is 634. The monoisotopic (exact) mass is 281 g/mol. The molecule has 1 amide bonds. The van der Waals surface area contributed by atoms with Gasteiger partial charge in [-0.05, 0) is 12.8 Å². The third-order valence-corrected chi connectivity index (χ3v) is 3.84. The molecule has 0 atom stereocenters. The van der Waals surface area contributed by atoms with Gasteiger partial charge in [0.1, 0.15) is 5.65 Å². The Morgan fingerprint density at radius 3 is 2.95 bits per heavy atom. The second-order valence-corrected chi connectivity index (χ2v) is 5.22. The van der Waals surface area contributed by atoms with Crippen LogP contribution >= 0.6 is 11.6 Å². The Hall–Kier alpha value is -1.62. The molecule has 0 spiro atoms. The summed E-state index contributed by atoms with van der Waals surface area (Å²) in [5.41, 5.74) is 0.781. The predicted molar refractivity (Wildman–Crippen MR) is 71.6 cm³/mol. The average molecular weight is 282 g/mol. The summed E-state index contributed by atoms with van der Waals surface area (Å²) >= 11 is 5.72. The van der Waals surface area contributed by atoms with Gasteiger partial charge in [0.15, 0.2) is 5.82 Å². The first-order chi connectivity index (χ1) is 9.16. The molecule has 19 heavy (non-hydrogen) atoms. The maximum absolute atomic E-state index is 14.0. The lowest BCUT2D eigenvalue weighted by molar-refractivity contribution is -0.119. The Labute approximate surface area is 114 Å². The van der Waals surface area contributed by atoms with E-state index in [0.29, 0.717) is 11.3 Å². The number of carbonyl (C=O) groups is 1. The van der Waals surface area contributed by atoms with Crippen LogP contribution in [0.4, 0.5) is 10.1 Å². The molecule has 1 aliphatic rings. The number of hydrogen-bond acceptors (Lipinski definition) is 2. The summed E-state index contributed by atoms with van der Waals surface area (Å²) in [6, 6.07) is 0. The van der Waals surface area contributed by atoms with Crippen LogP contribution < -0.4 is 5.32 Å². The molecular formula is C13H13ClFN3O. The molecule has 2 heterocycles. The number of amides is 1. The molecule has 1 aliphatic carbocycles. The second-order valence-electron chi connectivity index (χ2n) is 4.82. The number of hydrogen-bond donors (Lipinski definition) is 2. The summed E-state index contributed by atoms with van der Waals surface area (Å²) in [7, 11) is 0. The number of aromatic nitrogens is 2. The molecule has 2 aromatic rings. The molecule has 0 aromatic carbocycles. The molecule has 0 saturated heterocycles. The van der Waals surface area contributed by atoms with Crippen LogP contribution in [0.3, 0.4) is 0 Å². The first kappa shape index (κ1) is 12.4. The number of pyridine rings is 1. The highest BCUT2D eigenvalue weighted by Crippen LogP contribution is 2.31. The average Bonchev–Trinajstić information content (AvgIpc) is 3.03. The zero-order valence-corrected chi connectivity index (χ0v) is 10.9. The predicted octanol–water partition coefficient (Wildman–Crippen LogP) is 3.48. The fourth-order valence-electron chi connectivity index (χ4n) is 2.56. The van der Waals surface area contributed by atoms with E-state index in [4.69, 9.17) is 11.6 Å². The van der Waals surface area contributed by atoms with Crippen LogP contribution in [-0.4, -0.2) is 15.9 Å². The molecular weight excluding hydrogens is 269 g/mol. The molecule has 1 fully saturated rings. The quantitative estimate of drug-likeness (QED) is 0.885. The molecule has 0 aliphatic heterocycles. The molecule has 0 bridgehead atoms. The zero-order chi connectivity index (χ0) is 13.4. The van der Waals surface area contributed by atoms with Crippen LogP contribution in [0.15, 0.2) is 12.4 Å². The minimum absolute atomic E-state index is 0.0279. The maximum Gasteiger partial charge on any atom is 0.227 e. The van der Waals surface area contributed by atoms with Gasteiger partial charge >= 0.3 is 0 Å². The molecule has 4 nitrogen and oxygen atoms in total. The van der Waals surface area contributed by atoms with Crippen LogP contribution in [0.25, 0.3) is 11.0 Å². The first-order valence-electron chi connectivity index (χ1n) is 6.29. The fraction of sp³-hybridized carbons (Fsp3) is 0.385. The third kappa shape index (κ3) is 2.18. The maximum atomic E-state index is 14.0. The van der Waals surface area contributed by atoms with Gasteiger partial charge in [-0.1, -0.05) is 24.4 Å². The van der Waals surface area contributed by atoms with E-state index in [2.05, 4.69) is 15.3 Å². The van der Waals surface area contributed by atoms with Crippen LogP contribution in [0.2, 0.25) is 5.02 Å². The largest absolute Gasteiger partial charge is 0.344 e. The van der Waals surface area contributed by atoms with Crippen LogP contribution in [0, 0.1) is 11.7 Å². The van der Waals surface area contributed by atoms with Gasteiger partial charge in [-0.25, -0.2) is 9.37 Å². The molecule has 6 heteroatoms. The van der Waals surface area contributed by atoms with E-state index in [1.165, 1.54) is 6.20 Å². The minimum atomic E-state index is -0.561. The normalized spacial score (nSPS) is 16.1. The van der Waals surface area contributed by atoms with E-state index >= 15 is 0 Å². The fourth-order valence-corrected chi connectivity index (χ4v) is 2.70. The molecule has 0 unspecified atom stereocenters. The topological polar surface area (TPSA) is 57.8 Å². The summed E-state index contributed by atoms with van der Waals surface area (Å²) in [4.78, 5) is 18.9. The smallest absolute Gasteiger partial charge is 0.227 e. The zero-order valence-electron chi connectivity index (χ0n) is 10.2. The van der Waals surface area contributed by atoms with Crippen molar-refractivity contribution in [2.45, 2.75) is 25.7 Å². The lowest BCUT2D eigenvalue weighted by atomic mass is 10.1. The Morgan fingerprint density at radius 2 is 2.21 bits per heavy atom. The summed E-state index contributed by atoms with van der Waals surface area (Å²) in [5.74, 6) is -0.590. The molecule has 2 N–H and O–H groups in total. The number of nitrogens with one attached hydrogen (secondary N) is 2. The summed E-state index contributed by atoms with van der Waals surface area (Å²) < 4.78 is 14.0. The van der Waals surface area contributed by atoms with Gasteiger partial charge in [-0.3, -0.25) is 4.79 Å². The number of fused-ring (bicyclic) bond motifs is 1. The van der Waals surface area contributed by atoms with Crippen molar-refractivity contribution < 1.29 is 9.18 Å². The lowest BCUT2D eigenvalue weighted by Gasteiger charge is -2.09. The highest BCUT2D eigenvalue weighted by Gasteiger charge is 2.24. The van der Waals surface area contributed by atoms with Crippen LogP contribution in [0.1, 0.15) is 25.7 Å². The number of halogens is 2.